The van der Waals surface area contributed by atoms with Gasteiger partial charge in [-0.05, 0) is 43.3 Å². The molecule has 0 fully saturated rings. The Bertz CT molecular complexity index is 1410. The van der Waals surface area contributed by atoms with Crippen LogP contribution in [-0.4, -0.2) is 22.7 Å². The molecule has 0 aliphatic rings. The summed E-state index contributed by atoms with van der Waals surface area (Å²) in [7, 11) is 0. The van der Waals surface area contributed by atoms with Crippen LogP contribution >= 0.6 is 22.9 Å². The molecule has 1 amide bonds. The van der Waals surface area contributed by atoms with E-state index in [1.165, 1.54) is 11.3 Å². The van der Waals surface area contributed by atoms with Crippen molar-refractivity contribution in [3.05, 3.63) is 70.7 Å². The number of nitrogens with zero attached hydrogens (tertiary/aromatic N) is 2. The first-order chi connectivity index (χ1) is 15.1. The highest BCUT2D eigenvalue weighted by Gasteiger charge is 2.17. The second-order valence-electron chi connectivity index (χ2n) is 6.76. The zero-order valence-corrected chi connectivity index (χ0v) is 18.0. The van der Waals surface area contributed by atoms with Crippen LogP contribution in [0.3, 0.4) is 0 Å². The Morgan fingerprint density at radius 3 is 2.74 bits per heavy atom. The number of aromatic nitrogens is 2. The maximum atomic E-state index is 12.8. The standard InChI is InChI=1S/C23H16ClN3O3S/c1-2-29-14-9-7-13(8-10-14)18-12-20(30-27-18)26-23(28)19-11-16-21(31-19)15-5-3-4-6-17(15)25-22(16)24/h3-12H,2H2,1H3,(H,26,28). The van der Waals surface area contributed by atoms with E-state index in [0.717, 1.165) is 32.3 Å². The van der Waals surface area contributed by atoms with Gasteiger partial charge in [-0.25, -0.2) is 4.98 Å². The molecule has 5 rings (SSSR count). The van der Waals surface area contributed by atoms with E-state index >= 15 is 0 Å². The van der Waals surface area contributed by atoms with Gasteiger partial charge in [0.15, 0.2) is 0 Å². The van der Waals surface area contributed by atoms with Crippen LogP contribution in [0, 0.1) is 0 Å². The van der Waals surface area contributed by atoms with Crippen molar-refractivity contribution in [3.8, 4) is 17.0 Å². The molecule has 8 heteroatoms. The number of benzene rings is 2. The molecule has 3 heterocycles. The summed E-state index contributed by atoms with van der Waals surface area (Å²) >= 11 is 7.71. The third-order valence-electron chi connectivity index (χ3n) is 4.75. The number of thiophene rings is 1. The molecule has 0 aliphatic heterocycles. The molecule has 5 aromatic rings. The fourth-order valence-electron chi connectivity index (χ4n) is 3.32. The maximum absolute atomic E-state index is 12.8. The van der Waals surface area contributed by atoms with Crippen LogP contribution in [0.25, 0.3) is 32.2 Å². The Balaban J connectivity index is 1.40. The van der Waals surface area contributed by atoms with Crippen LogP contribution < -0.4 is 10.1 Å². The summed E-state index contributed by atoms with van der Waals surface area (Å²) in [4.78, 5) is 17.8. The molecule has 0 atom stereocenters. The van der Waals surface area contributed by atoms with Crippen molar-refractivity contribution in [2.24, 2.45) is 0 Å². The average molecular weight is 450 g/mol. The quantitative estimate of drug-likeness (QED) is 0.314. The van der Waals surface area contributed by atoms with Crippen molar-refractivity contribution in [3.63, 3.8) is 0 Å². The highest BCUT2D eigenvalue weighted by atomic mass is 35.5. The lowest BCUT2D eigenvalue weighted by Crippen LogP contribution is -2.09. The Hall–Kier alpha value is -3.42. The second-order valence-corrected chi connectivity index (χ2v) is 8.17. The summed E-state index contributed by atoms with van der Waals surface area (Å²) in [5.74, 6) is 0.755. The van der Waals surface area contributed by atoms with Gasteiger partial charge in [-0.15, -0.1) is 11.3 Å². The number of rotatable bonds is 5. The van der Waals surface area contributed by atoms with E-state index in [2.05, 4.69) is 15.5 Å². The summed E-state index contributed by atoms with van der Waals surface area (Å²) in [6.45, 7) is 2.54. The lowest BCUT2D eigenvalue weighted by Gasteiger charge is -2.02. The summed E-state index contributed by atoms with van der Waals surface area (Å²) in [5.41, 5.74) is 2.27. The number of para-hydroxylation sites is 1. The van der Waals surface area contributed by atoms with Crippen LogP contribution in [0.4, 0.5) is 5.88 Å². The van der Waals surface area contributed by atoms with Gasteiger partial charge in [-0.3, -0.25) is 10.1 Å². The number of hydrogen-bond acceptors (Lipinski definition) is 6. The number of pyridine rings is 1. The molecule has 0 spiro atoms. The predicted octanol–water partition coefficient (Wildman–Crippen LogP) is 6.41. The van der Waals surface area contributed by atoms with E-state index in [9.17, 15) is 4.79 Å². The Morgan fingerprint density at radius 2 is 1.94 bits per heavy atom. The fraction of sp³-hybridized carbons (Fsp3) is 0.0870. The van der Waals surface area contributed by atoms with Crippen LogP contribution in [0.5, 0.6) is 5.75 Å². The predicted molar refractivity (Wildman–Crippen MR) is 123 cm³/mol. The zero-order valence-electron chi connectivity index (χ0n) is 16.4. The molecule has 0 unspecified atom stereocenters. The monoisotopic (exact) mass is 449 g/mol. The van der Waals surface area contributed by atoms with Gasteiger partial charge in [0.25, 0.3) is 5.91 Å². The summed E-state index contributed by atoms with van der Waals surface area (Å²) in [6, 6.07) is 18.7. The summed E-state index contributed by atoms with van der Waals surface area (Å²) < 4.78 is 11.7. The van der Waals surface area contributed by atoms with Gasteiger partial charge in [0, 0.05) is 27.1 Å². The number of nitrogens with one attached hydrogen (secondary N) is 1. The molecule has 0 bridgehead atoms. The van der Waals surface area contributed by atoms with E-state index in [-0.39, 0.29) is 11.8 Å². The second kappa shape index (κ2) is 8.02. The van der Waals surface area contributed by atoms with E-state index in [1.807, 2.05) is 55.5 Å². The van der Waals surface area contributed by atoms with Crippen molar-refractivity contribution in [2.45, 2.75) is 6.92 Å². The summed E-state index contributed by atoms with van der Waals surface area (Å²) in [5, 5.41) is 8.90. The molecule has 2 aromatic carbocycles. The number of halogens is 1. The number of fused-ring (bicyclic) bond motifs is 3. The Labute approximate surface area is 186 Å². The highest BCUT2D eigenvalue weighted by Crippen LogP contribution is 2.36. The third kappa shape index (κ3) is 3.73. The lowest BCUT2D eigenvalue weighted by molar-refractivity contribution is 0.102. The molecule has 0 saturated heterocycles. The fourth-order valence-corrected chi connectivity index (χ4v) is 4.70. The topological polar surface area (TPSA) is 77.2 Å². The van der Waals surface area contributed by atoms with Gasteiger partial charge in [0.05, 0.1) is 17.0 Å². The van der Waals surface area contributed by atoms with Crippen LogP contribution in [0.15, 0.2) is 65.2 Å². The molecule has 6 nitrogen and oxygen atoms in total. The van der Waals surface area contributed by atoms with Gasteiger partial charge >= 0.3 is 0 Å². The first-order valence-corrected chi connectivity index (χ1v) is 10.8. The molecule has 0 radical (unpaired) electrons. The molecule has 154 valence electrons. The largest absolute Gasteiger partial charge is 0.494 e. The number of carbonyl (C=O) groups excluding carboxylic acids is 1. The van der Waals surface area contributed by atoms with Gasteiger partial charge in [-0.1, -0.05) is 35.0 Å². The first kappa shape index (κ1) is 19.5. The normalized spacial score (nSPS) is 11.2. The van der Waals surface area contributed by atoms with Crippen molar-refractivity contribution in [1.82, 2.24) is 10.1 Å². The highest BCUT2D eigenvalue weighted by molar-refractivity contribution is 7.22. The molecular weight excluding hydrogens is 434 g/mol. The molecule has 0 aliphatic carbocycles. The van der Waals surface area contributed by atoms with Crippen LogP contribution in [-0.2, 0) is 0 Å². The van der Waals surface area contributed by atoms with Gasteiger partial charge in [0.2, 0.25) is 5.88 Å². The lowest BCUT2D eigenvalue weighted by atomic mass is 10.1. The third-order valence-corrected chi connectivity index (χ3v) is 6.21. The number of ether oxygens (including phenoxy) is 1. The van der Waals surface area contributed by atoms with E-state index in [0.29, 0.717) is 22.3 Å². The van der Waals surface area contributed by atoms with Gasteiger partial charge in [-0.2, -0.15) is 0 Å². The number of carbonyl (C=O) groups is 1. The van der Waals surface area contributed by atoms with Crippen LogP contribution in [0.2, 0.25) is 5.15 Å². The Kier molecular flexibility index (Phi) is 5.05. The molecular formula is C23H16ClN3O3S. The van der Waals surface area contributed by atoms with E-state index in [1.54, 1.807) is 12.1 Å². The first-order valence-electron chi connectivity index (χ1n) is 9.61. The zero-order chi connectivity index (χ0) is 21.4. The smallest absolute Gasteiger partial charge is 0.268 e. The number of anilines is 1. The number of amides is 1. The van der Waals surface area contributed by atoms with Gasteiger partial charge in [0.1, 0.15) is 16.6 Å². The van der Waals surface area contributed by atoms with E-state index < -0.39 is 0 Å². The summed E-state index contributed by atoms with van der Waals surface area (Å²) in [6.07, 6.45) is 0. The molecule has 31 heavy (non-hydrogen) atoms. The van der Waals surface area contributed by atoms with Crippen LogP contribution in [0.1, 0.15) is 16.6 Å². The minimum absolute atomic E-state index is 0.264. The van der Waals surface area contributed by atoms with E-state index in [4.69, 9.17) is 20.9 Å². The average Bonchev–Trinajstić information content (AvgIpc) is 3.43. The van der Waals surface area contributed by atoms with Crippen molar-refractivity contribution < 1.29 is 14.1 Å². The SMILES string of the molecule is CCOc1ccc(-c2cc(NC(=O)c3cc4c(Cl)nc5ccccc5c4s3)on2)cc1. The van der Waals surface area contributed by atoms with Crippen molar-refractivity contribution in [1.29, 1.82) is 0 Å². The number of hydrogen-bond donors (Lipinski definition) is 1. The van der Waals surface area contributed by atoms with Crippen molar-refractivity contribution in [2.75, 3.05) is 11.9 Å². The molecule has 3 aromatic heterocycles. The Morgan fingerprint density at radius 1 is 1.13 bits per heavy atom. The minimum atomic E-state index is -0.296. The van der Waals surface area contributed by atoms with Gasteiger partial charge < -0.3 is 9.26 Å². The van der Waals surface area contributed by atoms with Crippen molar-refractivity contribution >= 4 is 55.7 Å². The molecule has 1 N–H and O–H groups in total. The maximum Gasteiger partial charge on any atom is 0.268 e. The molecule has 0 saturated carbocycles. The minimum Gasteiger partial charge on any atom is -0.494 e.